The topological polar surface area (TPSA) is 95.9 Å². The fraction of sp³-hybridized carbons (Fsp3) is 0.667. The molecule has 0 spiro atoms. The van der Waals surface area contributed by atoms with Crippen LogP contribution in [0.15, 0.2) is 109 Å². The first-order valence-corrected chi connectivity index (χ1v) is 27.1. The second-order valence-corrected chi connectivity index (χ2v) is 17.9. The summed E-state index contributed by atoms with van der Waals surface area (Å²) in [5.74, 6) is -0.619. The third-order valence-electron chi connectivity index (χ3n) is 11.6. The summed E-state index contributed by atoms with van der Waals surface area (Å²) in [5, 5.41) is 23.8. The average Bonchev–Trinajstić information content (AvgIpc) is 3.31. The molecule has 66 heavy (non-hydrogen) atoms. The number of rotatable bonds is 47. The number of amides is 1. The Morgan fingerprint density at radius 1 is 0.455 bits per heavy atom. The largest absolute Gasteiger partial charge is 0.462 e. The molecule has 0 heterocycles. The van der Waals surface area contributed by atoms with Gasteiger partial charge >= 0.3 is 5.97 Å². The number of ether oxygens (including phenoxy) is 1. The van der Waals surface area contributed by atoms with Crippen molar-refractivity contribution in [3.05, 3.63) is 109 Å². The van der Waals surface area contributed by atoms with Crippen LogP contribution in [0.25, 0.3) is 0 Å². The van der Waals surface area contributed by atoms with Gasteiger partial charge in [0.1, 0.15) is 6.10 Å². The molecule has 0 fully saturated rings. The fourth-order valence-electron chi connectivity index (χ4n) is 7.52. The SMILES string of the molecule is CC/C=C\C/C=C\C/C=C\C/C=C\C/C=C\C/C=C\CCC(=O)OC(CCCC/C=C\C/C=C\C/C=C\CCCCC)CC(=O)NC(CO)C(O)CCCCCCCCCCCCCCC. The van der Waals surface area contributed by atoms with E-state index in [1.165, 1.54) is 89.9 Å². The molecule has 0 saturated carbocycles. The molecule has 0 bridgehead atoms. The number of unbranched alkanes of at least 4 members (excludes halogenated alkanes) is 17. The molecule has 6 nitrogen and oxygen atoms in total. The second kappa shape index (κ2) is 52.5. The van der Waals surface area contributed by atoms with Crippen molar-refractivity contribution in [1.82, 2.24) is 5.32 Å². The zero-order valence-corrected chi connectivity index (χ0v) is 42.8. The number of allylic oxidation sites excluding steroid dienone is 18. The van der Waals surface area contributed by atoms with E-state index in [1.807, 2.05) is 6.08 Å². The molecule has 376 valence electrons. The minimum absolute atomic E-state index is 0.0152. The number of hydrogen-bond acceptors (Lipinski definition) is 5. The molecule has 0 saturated heterocycles. The van der Waals surface area contributed by atoms with Crippen LogP contribution >= 0.6 is 0 Å². The molecular formula is C60H101NO5. The highest BCUT2D eigenvalue weighted by atomic mass is 16.5. The minimum Gasteiger partial charge on any atom is -0.462 e. The smallest absolute Gasteiger partial charge is 0.306 e. The summed E-state index contributed by atoms with van der Waals surface area (Å²) in [6.07, 6.45) is 71.5. The second-order valence-electron chi connectivity index (χ2n) is 17.9. The molecule has 0 aromatic rings. The van der Waals surface area contributed by atoms with Gasteiger partial charge in [-0.2, -0.15) is 0 Å². The summed E-state index contributed by atoms with van der Waals surface area (Å²) >= 11 is 0. The highest BCUT2D eigenvalue weighted by Crippen LogP contribution is 2.16. The van der Waals surface area contributed by atoms with Gasteiger partial charge in [0.15, 0.2) is 0 Å². The molecule has 0 radical (unpaired) electrons. The van der Waals surface area contributed by atoms with E-state index < -0.39 is 18.2 Å². The van der Waals surface area contributed by atoms with Crippen LogP contribution in [0.1, 0.15) is 233 Å². The molecule has 0 rings (SSSR count). The Bertz CT molecular complexity index is 1350. The Hall–Kier alpha value is -3.48. The molecule has 3 unspecified atom stereocenters. The predicted molar refractivity (Wildman–Crippen MR) is 287 cm³/mol. The van der Waals surface area contributed by atoms with E-state index >= 15 is 0 Å². The van der Waals surface area contributed by atoms with Crippen molar-refractivity contribution < 1.29 is 24.5 Å². The zero-order chi connectivity index (χ0) is 48.1. The highest BCUT2D eigenvalue weighted by molar-refractivity contribution is 5.77. The number of hydrogen-bond donors (Lipinski definition) is 3. The summed E-state index contributed by atoms with van der Waals surface area (Å²) in [6.45, 7) is 6.31. The molecule has 0 aromatic carbocycles. The van der Waals surface area contributed by atoms with Crippen molar-refractivity contribution in [2.75, 3.05) is 6.61 Å². The van der Waals surface area contributed by atoms with E-state index in [9.17, 15) is 19.8 Å². The van der Waals surface area contributed by atoms with Crippen LogP contribution in [0.3, 0.4) is 0 Å². The number of esters is 1. The standard InChI is InChI=1S/C60H101NO5/c1-4-7-10-13-16-19-22-25-27-28-29-30-32-35-38-41-44-47-50-53-60(65)66-56(51-48-45-42-39-36-34-31-26-23-20-17-14-11-8-5-2)54-59(64)61-57(55-62)58(63)52-49-46-43-40-37-33-24-21-18-15-12-9-6-3/h7,10,16-17,19-20,25-27,29-31,35-36,38-39,44,47,56-58,62-63H,4-6,8-9,11-15,18,21-24,28,32-34,37,40-43,45-46,48-55H2,1-3H3,(H,61,64)/b10-7-,19-16-,20-17-,27-25-,30-29-,31-26-,38-35-,39-36-,47-44-. The maximum Gasteiger partial charge on any atom is 0.306 e. The summed E-state index contributed by atoms with van der Waals surface area (Å²) in [5.41, 5.74) is 0. The predicted octanol–water partition coefficient (Wildman–Crippen LogP) is 16.7. The number of carbonyl (C=O) groups excluding carboxylic acids is 2. The van der Waals surface area contributed by atoms with Crippen LogP contribution in [0.5, 0.6) is 0 Å². The normalized spacial score (nSPS) is 14.1. The highest BCUT2D eigenvalue weighted by Gasteiger charge is 2.24. The molecular weight excluding hydrogens is 815 g/mol. The van der Waals surface area contributed by atoms with Gasteiger partial charge in [0.05, 0.1) is 25.2 Å². The van der Waals surface area contributed by atoms with Crippen molar-refractivity contribution in [2.24, 2.45) is 0 Å². The van der Waals surface area contributed by atoms with Crippen molar-refractivity contribution in [2.45, 2.75) is 251 Å². The third-order valence-corrected chi connectivity index (χ3v) is 11.6. The monoisotopic (exact) mass is 916 g/mol. The Balaban J connectivity index is 4.78. The fourth-order valence-corrected chi connectivity index (χ4v) is 7.52. The Morgan fingerprint density at radius 3 is 1.26 bits per heavy atom. The van der Waals surface area contributed by atoms with E-state index in [0.717, 1.165) is 89.9 Å². The van der Waals surface area contributed by atoms with E-state index in [0.29, 0.717) is 19.3 Å². The molecule has 0 aliphatic rings. The van der Waals surface area contributed by atoms with Gasteiger partial charge in [-0.05, 0) is 103 Å². The molecule has 6 heteroatoms. The van der Waals surface area contributed by atoms with Crippen molar-refractivity contribution in [3.63, 3.8) is 0 Å². The van der Waals surface area contributed by atoms with Gasteiger partial charge in [-0.15, -0.1) is 0 Å². The first-order chi connectivity index (χ1) is 32.5. The van der Waals surface area contributed by atoms with Gasteiger partial charge in [-0.3, -0.25) is 9.59 Å². The molecule has 3 N–H and O–H groups in total. The van der Waals surface area contributed by atoms with Gasteiger partial charge < -0.3 is 20.3 Å². The van der Waals surface area contributed by atoms with Gasteiger partial charge in [-0.25, -0.2) is 0 Å². The lowest BCUT2D eigenvalue weighted by molar-refractivity contribution is -0.150. The van der Waals surface area contributed by atoms with Gasteiger partial charge in [-0.1, -0.05) is 226 Å². The number of carbonyl (C=O) groups is 2. The number of nitrogens with one attached hydrogen (secondary N) is 1. The number of aliphatic hydroxyl groups is 2. The summed E-state index contributed by atoms with van der Waals surface area (Å²) in [4.78, 5) is 26.2. The first kappa shape index (κ1) is 62.5. The lowest BCUT2D eigenvalue weighted by atomic mass is 10.0. The molecule has 3 atom stereocenters. The Morgan fingerprint density at radius 2 is 0.818 bits per heavy atom. The average molecular weight is 916 g/mol. The summed E-state index contributed by atoms with van der Waals surface area (Å²) in [6, 6.07) is -0.736. The van der Waals surface area contributed by atoms with Crippen LogP contribution < -0.4 is 5.32 Å². The van der Waals surface area contributed by atoms with Crippen molar-refractivity contribution >= 4 is 11.9 Å². The minimum atomic E-state index is -0.817. The van der Waals surface area contributed by atoms with E-state index in [4.69, 9.17) is 4.74 Å². The molecule has 0 aliphatic heterocycles. The first-order valence-electron chi connectivity index (χ1n) is 27.1. The van der Waals surface area contributed by atoms with Crippen molar-refractivity contribution in [3.8, 4) is 0 Å². The zero-order valence-electron chi connectivity index (χ0n) is 42.8. The van der Waals surface area contributed by atoms with Crippen LogP contribution in [-0.2, 0) is 14.3 Å². The van der Waals surface area contributed by atoms with Gasteiger partial charge in [0, 0.05) is 6.42 Å². The van der Waals surface area contributed by atoms with Crippen LogP contribution in [0.2, 0.25) is 0 Å². The Labute approximate surface area is 407 Å². The third kappa shape index (κ3) is 47.0. The van der Waals surface area contributed by atoms with E-state index in [2.05, 4.69) is 129 Å². The lowest BCUT2D eigenvalue weighted by Crippen LogP contribution is -2.46. The molecule has 0 aliphatic carbocycles. The maximum absolute atomic E-state index is 13.2. The van der Waals surface area contributed by atoms with Gasteiger partial charge in [0.25, 0.3) is 0 Å². The Kier molecular flexibility index (Phi) is 49.7. The quantitative estimate of drug-likeness (QED) is 0.0321. The van der Waals surface area contributed by atoms with E-state index in [1.54, 1.807) is 0 Å². The summed E-state index contributed by atoms with van der Waals surface area (Å²) < 4.78 is 5.88. The number of aliphatic hydroxyl groups excluding tert-OH is 2. The van der Waals surface area contributed by atoms with Crippen molar-refractivity contribution in [1.29, 1.82) is 0 Å². The van der Waals surface area contributed by atoms with Crippen LogP contribution in [0.4, 0.5) is 0 Å². The van der Waals surface area contributed by atoms with Crippen LogP contribution in [0, 0.1) is 0 Å². The maximum atomic E-state index is 13.2. The van der Waals surface area contributed by atoms with E-state index in [-0.39, 0.29) is 31.3 Å². The summed E-state index contributed by atoms with van der Waals surface area (Å²) in [7, 11) is 0. The molecule has 1 amide bonds. The molecule has 0 aromatic heterocycles. The lowest BCUT2D eigenvalue weighted by Gasteiger charge is -2.24. The van der Waals surface area contributed by atoms with Crippen LogP contribution in [-0.4, -0.2) is 46.9 Å². The van der Waals surface area contributed by atoms with Gasteiger partial charge in [0.2, 0.25) is 5.91 Å².